The monoisotopic (exact) mass is 467 g/mol. The summed E-state index contributed by atoms with van der Waals surface area (Å²) >= 11 is 0. The molecule has 1 atom stereocenters. The maximum Gasteiger partial charge on any atom is 0.217 e. The molecule has 1 saturated heterocycles. The smallest absolute Gasteiger partial charge is 0.217 e. The molecular weight excluding hydrogens is 434 g/mol. The molecule has 1 amide bonds. The molecule has 2 aromatic carbocycles. The molecule has 1 aliphatic heterocycles. The van der Waals surface area contributed by atoms with Gasteiger partial charge in [0.25, 0.3) is 0 Å². The molecule has 1 fully saturated rings. The zero-order valence-electron chi connectivity index (χ0n) is 20.3. The molecule has 0 saturated carbocycles. The van der Waals surface area contributed by atoms with Crippen LogP contribution in [0.2, 0.25) is 0 Å². The van der Waals surface area contributed by atoms with Gasteiger partial charge < -0.3 is 30.2 Å². The lowest BCUT2D eigenvalue weighted by Gasteiger charge is -2.31. The van der Waals surface area contributed by atoms with Crippen molar-refractivity contribution in [1.82, 2.24) is 5.32 Å². The van der Waals surface area contributed by atoms with E-state index in [2.05, 4.69) is 10.2 Å². The lowest BCUT2D eigenvalue weighted by atomic mass is 9.95. The van der Waals surface area contributed by atoms with Crippen LogP contribution in [0.4, 0.5) is 5.69 Å². The Bertz CT molecular complexity index is 1140. The predicted molar refractivity (Wildman–Crippen MR) is 132 cm³/mol. The molecule has 4 rings (SSSR count). The first-order chi connectivity index (χ1) is 16.4. The Morgan fingerprint density at radius 1 is 1.03 bits per heavy atom. The van der Waals surface area contributed by atoms with E-state index < -0.39 is 0 Å². The standard InChI is InChI=1S/C26H33N3O5/c1-15(30)28-20-7-5-16-13-23(32-2)25(33-3)26(34-4)24(16)18-6-8-21(22(31)14-19(18)20)29-11-9-17(27)10-12-29/h6,8,13-14,17,20H,5,7,9-12,27H2,1-4H3,(H,28,30)/t20-/m0/s1. The minimum atomic E-state index is -0.315. The number of nitrogens with zero attached hydrogens (tertiary/aromatic N) is 1. The van der Waals surface area contributed by atoms with Crippen LogP contribution in [0.15, 0.2) is 29.1 Å². The fourth-order valence-corrected chi connectivity index (χ4v) is 5.10. The minimum Gasteiger partial charge on any atom is -0.493 e. The van der Waals surface area contributed by atoms with E-state index in [1.165, 1.54) is 6.92 Å². The van der Waals surface area contributed by atoms with Gasteiger partial charge in [-0.3, -0.25) is 9.59 Å². The Morgan fingerprint density at radius 2 is 1.74 bits per heavy atom. The van der Waals surface area contributed by atoms with E-state index in [-0.39, 0.29) is 23.4 Å². The van der Waals surface area contributed by atoms with Crippen molar-refractivity contribution in [2.45, 2.75) is 44.7 Å². The van der Waals surface area contributed by atoms with Crippen LogP contribution in [0.5, 0.6) is 17.2 Å². The lowest BCUT2D eigenvalue weighted by Crippen LogP contribution is -2.41. The van der Waals surface area contributed by atoms with Gasteiger partial charge in [0.1, 0.15) is 0 Å². The summed E-state index contributed by atoms with van der Waals surface area (Å²) in [7, 11) is 4.76. The molecule has 0 unspecified atom stereocenters. The van der Waals surface area contributed by atoms with Gasteiger partial charge in [-0.15, -0.1) is 0 Å². The number of carbonyl (C=O) groups excluding carboxylic acids is 1. The second-order valence-electron chi connectivity index (χ2n) is 8.89. The Hall–Kier alpha value is -3.26. The number of anilines is 1. The third-order valence-electron chi connectivity index (χ3n) is 6.77. The quantitative estimate of drug-likeness (QED) is 0.697. The largest absolute Gasteiger partial charge is 0.493 e. The molecule has 3 N–H and O–H groups in total. The Morgan fingerprint density at radius 3 is 2.35 bits per heavy atom. The summed E-state index contributed by atoms with van der Waals surface area (Å²) in [4.78, 5) is 27.6. The highest BCUT2D eigenvalue weighted by molar-refractivity contribution is 5.83. The van der Waals surface area contributed by atoms with Gasteiger partial charge in [0.05, 0.1) is 33.1 Å². The minimum absolute atomic E-state index is 0.0741. The molecule has 1 aliphatic carbocycles. The molecule has 8 nitrogen and oxygen atoms in total. The van der Waals surface area contributed by atoms with E-state index in [4.69, 9.17) is 19.9 Å². The number of piperidine rings is 1. The van der Waals surface area contributed by atoms with Gasteiger partial charge in [-0.25, -0.2) is 0 Å². The first kappa shape index (κ1) is 23.9. The van der Waals surface area contributed by atoms with Crippen LogP contribution < -0.4 is 35.6 Å². The summed E-state index contributed by atoms with van der Waals surface area (Å²) in [6, 6.07) is 7.33. The highest BCUT2D eigenvalue weighted by Gasteiger charge is 2.30. The van der Waals surface area contributed by atoms with Gasteiger partial charge in [0.2, 0.25) is 17.1 Å². The Balaban J connectivity index is 1.97. The van der Waals surface area contributed by atoms with Crippen molar-refractivity contribution < 1.29 is 19.0 Å². The van der Waals surface area contributed by atoms with Crippen molar-refractivity contribution in [2.24, 2.45) is 5.73 Å². The molecular formula is C26H33N3O5. The summed E-state index contributed by atoms with van der Waals surface area (Å²) in [6.07, 6.45) is 3.00. The maximum atomic E-state index is 13.4. The third kappa shape index (κ3) is 4.42. The number of rotatable bonds is 5. The van der Waals surface area contributed by atoms with Crippen LogP contribution in [0, 0.1) is 0 Å². The van der Waals surface area contributed by atoms with E-state index in [1.54, 1.807) is 27.4 Å². The fourth-order valence-electron chi connectivity index (χ4n) is 5.10. The molecule has 2 aromatic rings. The molecule has 0 aromatic heterocycles. The number of aryl methyl sites for hydroxylation is 1. The average Bonchev–Trinajstić information content (AvgIpc) is 3.07. The summed E-state index contributed by atoms with van der Waals surface area (Å²) in [5.41, 5.74) is 10.1. The predicted octanol–water partition coefficient (Wildman–Crippen LogP) is 2.79. The third-order valence-corrected chi connectivity index (χ3v) is 6.77. The molecule has 34 heavy (non-hydrogen) atoms. The van der Waals surface area contributed by atoms with E-state index in [0.29, 0.717) is 35.8 Å². The number of nitrogens with two attached hydrogens (primary N) is 1. The number of carbonyl (C=O) groups is 1. The molecule has 8 heteroatoms. The van der Waals surface area contributed by atoms with E-state index in [9.17, 15) is 9.59 Å². The average molecular weight is 468 g/mol. The highest BCUT2D eigenvalue weighted by Crippen LogP contribution is 2.50. The van der Waals surface area contributed by atoms with Crippen LogP contribution in [-0.4, -0.2) is 46.4 Å². The highest BCUT2D eigenvalue weighted by atomic mass is 16.5. The lowest BCUT2D eigenvalue weighted by molar-refractivity contribution is -0.119. The second kappa shape index (κ2) is 9.93. The Kier molecular flexibility index (Phi) is 6.97. The van der Waals surface area contributed by atoms with Crippen molar-refractivity contribution in [3.63, 3.8) is 0 Å². The number of benzene rings is 1. The molecule has 1 heterocycles. The summed E-state index contributed by atoms with van der Waals surface area (Å²) in [6.45, 7) is 2.98. The number of nitrogens with one attached hydrogen (secondary N) is 1. The van der Waals surface area contributed by atoms with Crippen LogP contribution in [-0.2, 0) is 11.2 Å². The van der Waals surface area contributed by atoms with Crippen molar-refractivity contribution in [3.05, 3.63) is 45.6 Å². The maximum absolute atomic E-state index is 13.4. The number of hydrogen-bond acceptors (Lipinski definition) is 7. The SMILES string of the molecule is COc1cc2c(c(OC)c1OC)-c1ccc(N3CCC(N)CC3)c(=O)cc1[C@@H](NC(C)=O)CC2. The number of methoxy groups -OCH3 is 3. The number of fused-ring (bicyclic) bond motifs is 3. The van der Waals surface area contributed by atoms with Crippen LogP contribution in [0.25, 0.3) is 11.1 Å². The van der Waals surface area contributed by atoms with Crippen molar-refractivity contribution in [1.29, 1.82) is 0 Å². The van der Waals surface area contributed by atoms with Crippen LogP contribution in [0.3, 0.4) is 0 Å². The summed E-state index contributed by atoms with van der Waals surface area (Å²) in [5, 5.41) is 3.04. The van der Waals surface area contributed by atoms with Gasteiger partial charge in [-0.1, -0.05) is 6.07 Å². The number of ether oxygens (including phenoxy) is 3. The second-order valence-corrected chi connectivity index (χ2v) is 8.89. The van der Waals surface area contributed by atoms with Crippen molar-refractivity contribution >= 4 is 11.6 Å². The molecule has 0 radical (unpaired) electrons. The molecule has 0 spiro atoms. The molecule has 0 bridgehead atoms. The van der Waals surface area contributed by atoms with E-state index >= 15 is 0 Å². The zero-order chi connectivity index (χ0) is 24.4. The first-order valence-electron chi connectivity index (χ1n) is 11.7. The van der Waals surface area contributed by atoms with Gasteiger partial charge in [0.15, 0.2) is 11.5 Å². The van der Waals surface area contributed by atoms with Gasteiger partial charge >= 0.3 is 0 Å². The Labute approximate surface area is 200 Å². The van der Waals surface area contributed by atoms with Crippen molar-refractivity contribution in [3.8, 4) is 28.4 Å². The van der Waals surface area contributed by atoms with E-state index in [1.807, 2.05) is 18.2 Å². The number of amides is 1. The topological polar surface area (TPSA) is 103 Å². The fraction of sp³-hybridized carbons (Fsp3) is 0.462. The molecule has 2 aliphatic rings. The van der Waals surface area contributed by atoms with Gasteiger partial charge in [0, 0.05) is 31.6 Å². The van der Waals surface area contributed by atoms with Gasteiger partial charge in [-0.2, -0.15) is 0 Å². The zero-order valence-corrected chi connectivity index (χ0v) is 20.3. The normalized spacial score (nSPS) is 17.8. The summed E-state index contributed by atoms with van der Waals surface area (Å²) in [5.74, 6) is 1.47. The van der Waals surface area contributed by atoms with Gasteiger partial charge in [-0.05, 0) is 60.6 Å². The van der Waals surface area contributed by atoms with Crippen LogP contribution >= 0.6 is 0 Å². The van der Waals surface area contributed by atoms with Crippen molar-refractivity contribution in [2.75, 3.05) is 39.3 Å². The number of hydrogen-bond donors (Lipinski definition) is 2. The van der Waals surface area contributed by atoms with E-state index in [0.717, 1.165) is 48.2 Å². The van der Waals surface area contributed by atoms with Crippen LogP contribution in [0.1, 0.15) is 43.4 Å². The first-order valence-corrected chi connectivity index (χ1v) is 11.7. The summed E-state index contributed by atoms with van der Waals surface area (Å²) < 4.78 is 17.0. The molecule has 182 valence electrons.